The number of thioether (sulfide) groups is 1. The maximum Gasteiger partial charge on any atom is 0.287 e. The molecule has 0 fully saturated rings. The normalized spacial score (nSPS) is 11.0. The Balaban J connectivity index is 1.55. The summed E-state index contributed by atoms with van der Waals surface area (Å²) >= 11 is 3.46. The van der Waals surface area contributed by atoms with Crippen molar-refractivity contribution in [2.75, 3.05) is 12.3 Å². The highest BCUT2D eigenvalue weighted by molar-refractivity contribution is 7.98. The highest BCUT2D eigenvalue weighted by atomic mass is 32.2. The number of aryl methyl sites for hydroxylation is 1. The Bertz CT molecular complexity index is 811. The van der Waals surface area contributed by atoms with Crippen LogP contribution in [0.1, 0.15) is 21.7 Å². The number of benzene rings is 1. The lowest BCUT2D eigenvalue weighted by Gasteiger charge is -2.03. The molecule has 3 aromatic rings. The van der Waals surface area contributed by atoms with E-state index < -0.39 is 0 Å². The van der Waals surface area contributed by atoms with E-state index in [2.05, 4.69) is 22.1 Å². The quantitative estimate of drug-likeness (QED) is 0.661. The van der Waals surface area contributed by atoms with E-state index in [0.29, 0.717) is 23.1 Å². The molecule has 0 radical (unpaired) electrons. The topological polar surface area (TPSA) is 42.2 Å². The second-order valence-electron chi connectivity index (χ2n) is 5.14. The van der Waals surface area contributed by atoms with Crippen molar-refractivity contribution in [3.8, 4) is 0 Å². The van der Waals surface area contributed by atoms with Crippen LogP contribution in [0.2, 0.25) is 0 Å². The lowest BCUT2D eigenvalue weighted by Crippen LogP contribution is -2.25. The van der Waals surface area contributed by atoms with Gasteiger partial charge in [-0.2, -0.15) is 23.1 Å². The van der Waals surface area contributed by atoms with Crippen molar-refractivity contribution >= 4 is 40.0 Å². The van der Waals surface area contributed by atoms with Crippen molar-refractivity contribution in [2.45, 2.75) is 12.7 Å². The molecule has 0 bridgehead atoms. The van der Waals surface area contributed by atoms with Crippen LogP contribution in [0.3, 0.4) is 0 Å². The third-order valence-corrected chi connectivity index (χ3v) is 5.25. The van der Waals surface area contributed by atoms with Crippen LogP contribution in [0.15, 0.2) is 39.4 Å². The SMILES string of the molecule is Cc1c(C(=O)NCCSCc2ccsc2)oc2ccc(F)cc12. The first-order valence-electron chi connectivity index (χ1n) is 7.21. The smallest absolute Gasteiger partial charge is 0.287 e. The van der Waals surface area contributed by atoms with Gasteiger partial charge in [0.25, 0.3) is 5.91 Å². The summed E-state index contributed by atoms with van der Waals surface area (Å²) in [4.78, 5) is 12.2. The molecular formula is C17H16FNO2S2. The molecule has 1 N–H and O–H groups in total. The number of nitrogens with one attached hydrogen (secondary N) is 1. The summed E-state index contributed by atoms with van der Waals surface area (Å²) in [7, 11) is 0. The van der Waals surface area contributed by atoms with E-state index in [1.54, 1.807) is 36.1 Å². The van der Waals surface area contributed by atoms with E-state index in [4.69, 9.17) is 4.42 Å². The van der Waals surface area contributed by atoms with E-state index >= 15 is 0 Å². The van der Waals surface area contributed by atoms with Crippen LogP contribution in [0, 0.1) is 12.7 Å². The number of halogens is 1. The summed E-state index contributed by atoms with van der Waals surface area (Å²) in [5.41, 5.74) is 2.50. The van der Waals surface area contributed by atoms with Crippen molar-refractivity contribution in [3.05, 3.63) is 57.7 Å². The number of furan rings is 1. The molecule has 0 saturated carbocycles. The monoisotopic (exact) mass is 349 g/mol. The van der Waals surface area contributed by atoms with E-state index in [0.717, 1.165) is 11.5 Å². The maximum absolute atomic E-state index is 13.3. The Morgan fingerprint density at radius 2 is 2.26 bits per heavy atom. The third-order valence-electron chi connectivity index (χ3n) is 3.49. The van der Waals surface area contributed by atoms with Gasteiger partial charge in [0.15, 0.2) is 5.76 Å². The zero-order valence-corrected chi connectivity index (χ0v) is 14.2. The number of thiophene rings is 1. The molecule has 3 nitrogen and oxygen atoms in total. The molecule has 0 spiro atoms. The number of carbonyl (C=O) groups is 1. The van der Waals surface area contributed by atoms with Gasteiger partial charge < -0.3 is 9.73 Å². The largest absolute Gasteiger partial charge is 0.451 e. The summed E-state index contributed by atoms with van der Waals surface area (Å²) in [5.74, 6) is 1.44. The summed E-state index contributed by atoms with van der Waals surface area (Å²) in [5, 5.41) is 7.68. The van der Waals surface area contributed by atoms with Crippen molar-refractivity contribution < 1.29 is 13.6 Å². The van der Waals surface area contributed by atoms with E-state index in [1.165, 1.54) is 17.7 Å². The van der Waals surface area contributed by atoms with E-state index in [9.17, 15) is 9.18 Å². The zero-order valence-electron chi connectivity index (χ0n) is 12.6. The van der Waals surface area contributed by atoms with Crippen LogP contribution in [-0.2, 0) is 5.75 Å². The Morgan fingerprint density at radius 1 is 1.39 bits per heavy atom. The number of fused-ring (bicyclic) bond motifs is 1. The zero-order chi connectivity index (χ0) is 16.2. The molecule has 23 heavy (non-hydrogen) atoms. The molecule has 120 valence electrons. The molecule has 2 heterocycles. The van der Waals surface area contributed by atoms with Gasteiger partial charge in [-0.25, -0.2) is 4.39 Å². The summed E-state index contributed by atoms with van der Waals surface area (Å²) in [6, 6.07) is 6.37. The minimum absolute atomic E-state index is 0.254. The maximum atomic E-state index is 13.3. The van der Waals surface area contributed by atoms with Gasteiger partial charge in [-0.15, -0.1) is 0 Å². The first-order chi connectivity index (χ1) is 11.1. The molecule has 0 unspecified atom stereocenters. The molecular weight excluding hydrogens is 333 g/mol. The van der Waals surface area contributed by atoms with Crippen molar-refractivity contribution in [3.63, 3.8) is 0 Å². The molecule has 0 saturated heterocycles. The highest BCUT2D eigenvalue weighted by Crippen LogP contribution is 2.25. The summed E-state index contributed by atoms with van der Waals surface area (Å²) < 4.78 is 18.8. The van der Waals surface area contributed by atoms with Gasteiger partial charge in [-0.05, 0) is 47.5 Å². The fourth-order valence-electron chi connectivity index (χ4n) is 2.29. The van der Waals surface area contributed by atoms with Crippen LogP contribution < -0.4 is 5.32 Å². The van der Waals surface area contributed by atoms with E-state index in [1.807, 2.05) is 0 Å². The molecule has 3 rings (SSSR count). The number of amides is 1. The second kappa shape index (κ2) is 7.19. The van der Waals surface area contributed by atoms with Gasteiger partial charge in [0.1, 0.15) is 11.4 Å². The first-order valence-corrected chi connectivity index (χ1v) is 9.30. The average Bonchev–Trinajstić information content (AvgIpc) is 3.16. The minimum atomic E-state index is -0.335. The third kappa shape index (κ3) is 3.76. The Kier molecular flexibility index (Phi) is 5.03. The molecule has 0 aliphatic rings. The second-order valence-corrected chi connectivity index (χ2v) is 7.02. The predicted molar refractivity (Wildman–Crippen MR) is 93.7 cm³/mol. The average molecular weight is 349 g/mol. The molecule has 0 aliphatic heterocycles. The van der Waals surface area contributed by atoms with Crippen LogP contribution in [0.4, 0.5) is 4.39 Å². The van der Waals surface area contributed by atoms with Gasteiger partial charge in [0.05, 0.1) is 0 Å². The van der Waals surface area contributed by atoms with Gasteiger partial charge in [-0.3, -0.25) is 4.79 Å². The van der Waals surface area contributed by atoms with Crippen LogP contribution in [0.5, 0.6) is 0 Å². The van der Waals surface area contributed by atoms with Gasteiger partial charge in [-0.1, -0.05) is 0 Å². The minimum Gasteiger partial charge on any atom is -0.451 e. The number of rotatable bonds is 6. The fourth-order valence-corrected chi connectivity index (χ4v) is 3.87. The Hall–Kier alpha value is -1.79. The van der Waals surface area contributed by atoms with Crippen LogP contribution >= 0.6 is 23.1 Å². The van der Waals surface area contributed by atoms with Crippen molar-refractivity contribution in [2.24, 2.45) is 0 Å². The number of hydrogen-bond donors (Lipinski definition) is 1. The summed E-state index contributed by atoms with van der Waals surface area (Å²) in [6.07, 6.45) is 0. The molecule has 1 aromatic carbocycles. The van der Waals surface area contributed by atoms with Crippen molar-refractivity contribution in [1.82, 2.24) is 5.32 Å². The molecule has 6 heteroatoms. The van der Waals surface area contributed by atoms with E-state index in [-0.39, 0.29) is 17.5 Å². The highest BCUT2D eigenvalue weighted by Gasteiger charge is 2.17. The van der Waals surface area contributed by atoms with Gasteiger partial charge in [0, 0.05) is 29.0 Å². The predicted octanol–water partition coefficient (Wildman–Crippen LogP) is 4.61. The standard InChI is InChI=1S/C17H16FNO2S2/c1-11-14-8-13(18)2-3-15(14)21-16(11)17(20)19-5-7-23-10-12-4-6-22-9-12/h2-4,6,8-9H,5,7,10H2,1H3,(H,19,20). The molecule has 0 atom stereocenters. The Morgan fingerprint density at radius 3 is 3.04 bits per heavy atom. The number of carbonyl (C=O) groups excluding carboxylic acids is 1. The molecule has 2 aromatic heterocycles. The van der Waals surface area contributed by atoms with Gasteiger partial charge in [0.2, 0.25) is 0 Å². The van der Waals surface area contributed by atoms with Crippen LogP contribution in [-0.4, -0.2) is 18.2 Å². The molecule has 1 amide bonds. The summed E-state index contributed by atoms with van der Waals surface area (Å²) in [6.45, 7) is 2.34. The van der Waals surface area contributed by atoms with Crippen LogP contribution in [0.25, 0.3) is 11.0 Å². The first kappa shape index (κ1) is 16.1. The van der Waals surface area contributed by atoms with Crippen molar-refractivity contribution in [1.29, 1.82) is 0 Å². The Labute approximate surface area is 141 Å². The lowest BCUT2D eigenvalue weighted by atomic mass is 10.1. The van der Waals surface area contributed by atoms with Gasteiger partial charge >= 0.3 is 0 Å². The fraction of sp³-hybridized carbons (Fsp3) is 0.235. The lowest BCUT2D eigenvalue weighted by molar-refractivity contribution is 0.0930. The molecule has 0 aliphatic carbocycles. The number of hydrogen-bond acceptors (Lipinski definition) is 4.